The highest BCUT2D eigenvalue weighted by Gasteiger charge is 2.21. The number of carbonyl (C=O) groups is 1. The molecule has 0 aromatic heterocycles. The van der Waals surface area contributed by atoms with Crippen LogP contribution in [0.25, 0.3) is 0 Å². The summed E-state index contributed by atoms with van der Waals surface area (Å²) >= 11 is 0. The second-order valence-corrected chi connectivity index (χ2v) is 7.24. The van der Waals surface area contributed by atoms with Gasteiger partial charge in [-0.15, -0.1) is 0 Å². The van der Waals surface area contributed by atoms with Gasteiger partial charge in [0.25, 0.3) is 0 Å². The van der Waals surface area contributed by atoms with Gasteiger partial charge in [-0.1, -0.05) is 30.3 Å². The average Bonchev–Trinajstić information content (AvgIpc) is 3.16. The van der Waals surface area contributed by atoms with E-state index >= 15 is 0 Å². The molecule has 2 aliphatic rings. The van der Waals surface area contributed by atoms with Gasteiger partial charge in [-0.2, -0.15) is 0 Å². The zero-order chi connectivity index (χ0) is 17.8. The van der Waals surface area contributed by atoms with Gasteiger partial charge in [0.15, 0.2) is 17.3 Å². The number of rotatable bonds is 6. The Hall–Kier alpha value is -2.33. The molecule has 0 spiro atoms. The molecule has 4 nitrogen and oxygen atoms in total. The van der Waals surface area contributed by atoms with Crippen molar-refractivity contribution in [2.24, 2.45) is 5.92 Å². The monoisotopic (exact) mass is 351 g/mol. The quantitative estimate of drug-likeness (QED) is 0.728. The van der Waals surface area contributed by atoms with E-state index in [0.29, 0.717) is 18.1 Å². The van der Waals surface area contributed by atoms with Gasteiger partial charge in [0.2, 0.25) is 6.79 Å². The molecule has 1 saturated heterocycles. The largest absolute Gasteiger partial charge is 0.454 e. The number of hydrogen-bond donors (Lipinski definition) is 0. The van der Waals surface area contributed by atoms with Gasteiger partial charge < -0.3 is 9.47 Å². The molecule has 26 heavy (non-hydrogen) atoms. The van der Waals surface area contributed by atoms with Crippen LogP contribution in [0.4, 0.5) is 0 Å². The van der Waals surface area contributed by atoms with Gasteiger partial charge >= 0.3 is 0 Å². The lowest BCUT2D eigenvalue weighted by molar-refractivity contribution is 0.0961. The third-order valence-electron chi connectivity index (χ3n) is 5.43. The summed E-state index contributed by atoms with van der Waals surface area (Å²) < 4.78 is 10.7. The fourth-order valence-electron chi connectivity index (χ4n) is 3.82. The molecule has 0 aliphatic carbocycles. The van der Waals surface area contributed by atoms with E-state index in [-0.39, 0.29) is 12.6 Å². The standard InChI is InChI=1S/C22H25NO3/c24-20(19-7-9-21-22(14-19)26-16-25-21)8-6-17-10-12-23(13-11-17)15-18-4-2-1-3-5-18/h1-5,7,9,14,17H,6,8,10-13,15-16H2. The SMILES string of the molecule is O=C(CCC1CCN(Cc2ccccc2)CC1)c1ccc2c(c1)OCO2. The van der Waals surface area contributed by atoms with Crippen molar-refractivity contribution in [1.82, 2.24) is 4.90 Å². The highest BCUT2D eigenvalue weighted by Crippen LogP contribution is 2.33. The van der Waals surface area contributed by atoms with Crippen LogP contribution in [0.1, 0.15) is 41.6 Å². The zero-order valence-electron chi connectivity index (χ0n) is 15.0. The predicted molar refractivity (Wildman–Crippen MR) is 101 cm³/mol. The van der Waals surface area contributed by atoms with Crippen LogP contribution in [0.5, 0.6) is 11.5 Å². The molecular formula is C22H25NO3. The highest BCUT2D eigenvalue weighted by molar-refractivity contribution is 5.96. The molecular weight excluding hydrogens is 326 g/mol. The molecule has 0 bridgehead atoms. The fraction of sp³-hybridized carbons (Fsp3) is 0.409. The van der Waals surface area contributed by atoms with Crippen molar-refractivity contribution in [2.75, 3.05) is 19.9 Å². The van der Waals surface area contributed by atoms with Crippen LogP contribution in [0.15, 0.2) is 48.5 Å². The summed E-state index contributed by atoms with van der Waals surface area (Å²) in [6.45, 7) is 3.52. The Morgan fingerprint density at radius 1 is 1.00 bits per heavy atom. The van der Waals surface area contributed by atoms with E-state index in [1.165, 1.54) is 18.4 Å². The van der Waals surface area contributed by atoms with Crippen molar-refractivity contribution in [1.29, 1.82) is 0 Å². The van der Waals surface area contributed by atoms with Crippen molar-refractivity contribution in [2.45, 2.75) is 32.2 Å². The van der Waals surface area contributed by atoms with Crippen molar-refractivity contribution in [3.8, 4) is 11.5 Å². The number of piperidine rings is 1. The third kappa shape index (κ3) is 4.07. The minimum atomic E-state index is 0.204. The Morgan fingerprint density at radius 3 is 2.58 bits per heavy atom. The second-order valence-electron chi connectivity index (χ2n) is 7.24. The summed E-state index contributed by atoms with van der Waals surface area (Å²) in [4.78, 5) is 15.0. The van der Waals surface area contributed by atoms with Crippen LogP contribution in [0.2, 0.25) is 0 Å². The molecule has 0 N–H and O–H groups in total. The Bertz CT molecular complexity index is 751. The average molecular weight is 351 g/mol. The minimum absolute atomic E-state index is 0.204. The normalized spacial score (nSPS) is 17.4. The summed E-state index contributed by atoms with van der Waals surface area (Å²) in [5.41, 5.74) is 2.11. The van der Waals surface area contributed by atoms with Gasteiger partial charge in [-0.3, -0.25) is 9.69 Å². The molecule has 2 aliphatic heterocycles. The number of Topliss-reactive ketones (excluding diaryl/α,β-unsaturated/α-hetero) is 1. The molecule has 0 radical (unpaired) electrons. The molecule has 0 amide bonds. The molecule has 0 unspecified atom stereocenters. The van der Waals surface area contributed by atoms with E-state index in [1.807, 2.05) is 18.2 Å². The van der Waals surface area contributed by atoms with Crippen LogP contribution in [0, 0.1) is 5.92 Å². The first kappa shape index (κ1) is 17.1. The molecule has 1 fully saturated rings. The van der Waals surface area contributed by atoms with E-state index in [4.69, 9.17) is 9.47 Å². The van der Waals surface area contributed by atoms with Crippen molar-refractivity contribution in [3.05, 3.63) is 59.7 Å². The number of likely N-dealkylation sites (tertiary alicyclic amines) is 1. The Kier molecular flexibility index (Phi) is 5.21. The van der Waals surface area contributed by atoms with Crippen LogP contribution in [0.3, 0.4) is 0 Å². The van der Waals surface area contributed by atoms with Gasteiger partial charge in [-0.05, 0) is 62.0 Å². The first-order valence-electron chi connectivity index (χ1n) is 9.47. The maximum atomic E-state index is 12.5. The molecule has 2 aromatic rings. The van der Waals surface area contributed by atoms with Crippen LogP contribution < -0.4 is 9.47 Å². The van der Waals surface area contributed by atoms with Gasteiger partial charge in [0.1, 0.15) is 0 Å². The minimum Gasteiger partial charge on any atom is -0.454 e. The summed E-state index contributed by atoms with van der Waals surface area (Å²) in [6.07, 6.45) is 3.96. The highest BCUT2D eigenvalue weighted by atomic mass is 16.7. The zero-order valence-corrected chi connectivity index (χ0v) is 15.0. The number of benzene rings is 2. The van der Waals surface area contributed by atoms with E-state index in [2.05, 4.69) is 35.2 Å². The van der Waals surface area contributed by atoms with Crippen molar-refractivity contribution in [3.63, 3.8) is 0 Å². The number of nitrogens with zero attached hydrogens (tertiary/aromatic N) is 1. The summed E-state index contributed by atoms with van der Waals surface area (Å²) in [7, 11) is 0. The summed E-state index contributed by atoms with van der Waals surface area (Å²) in [5.74, 6) is 2.27. The summed E-state index contributed by atoms with van der Waals surface area (Å²) in [5, 5.41) is 0. The first-order chi connectivity index (χ1) is 12.8. The number of ketones is 1. The Labute approximate surface area is 154 Å². The fourth-order valence-corrected chi connectivity index (χ4v) is 3.82. The number of carbonyl (C=O) groups excluding carboxylic acids is 1. The van der Waals surface area contributed by atoms with Gasteiger partial charge in [0, 0.05) is 18.5 Å². The number of fused-ring (bicyclic) bond motifs is 1. The predicted octanol–water partition coefficient (Wildman–Crippen LogP) is 4.29. The molecule has 2 heterocycles. The van der Waals surface area contributed by atoms with Crippen LogP contribution in [-0.4, -0.2) is 30.6 Å². The molecule has 0 atom stereocenters. The van der Waals surface area contributed by atoms with Crippen LogP contribution in [-0.2, 0) is 6.54 Å². The van der Waals surface area contributed by atoms with E-state index in [0.717, 1.165) is 37.4 Å². The van der Waals surface area contributed by atoms with Crippen LogP contribution >= 0.6 is 0 Å². The van der Waals surface area contributed by atoms with Gasteiger partial charge in [-0.25, -0.2) is 0 Å². The molecule has 4 rings (SSSR count). The third-order valence-corrected chi connectivity index (χ3v) is 5.43. The lowest BCUT2D eigenvalue weighted by Crippen LogP contribution is -2.33. The van der Waals surface area contributed by atoms with E-state index < -0.39 is 0 Å². The maximum Gasteiger partial charge on any atom is 0.231 e. The first-order valence-corrected chi connectivity index (χ1v) is 9.47. The van der Waals surface area contributed by atoms with E-state index in [9.17, 15) is 4.79 Å². The number of hydrogen-bond acceptors (Lipinski definition) is 4. The second kappa shape index (κ2) is 7.92. The molecule has 0 saturated carbocycles. The summed E-state index contributed by atoms with van der Waals surface area (Å²) in [6, 6.07) is 16.1. The van der Waals surface area contributed by atoms with Crippen molar-refractivity contribution >= 4 is 5.78 Å². The molecule has 4 heteroatoms. The van der Waals surface area contributed by atoms with E-state index in [1.54, 1.807) is 0 Å². The van der Waals surface area contributed by atoms with Crippen molar-refractivity contribution < 1.29 is 14.3 Å². The number of ether oxygens (including phenoxy) is 2. The molecule has 136 valence electrons. The maximum absolute atomic E-state index is 12.5. The lowest BCUT2D eigenvalue weighted by atomic mass is 9.90. The Morgan fingerprint density at radius 2 is 1.77 bits per heavy atom. The lowest BCUT2D eigenvalue weighted by Gasteiger charge is -2.32. The molecule has 2 aromatic carbocycles. The topological polar surface area (TPSA) is 38.8 Å². The smallest absolute Gasteiger partial charge is 0.231 e. The van der Waals surface area contributed by atoms with Gasteiger partial charge in [0.05, 0.1) is 0 Å². The Balaban J connectivity index is 1.23.